The lowest BCUT2D eigenvalue weighted by atomic mass is 10.0. The third-order valence-electron chi connectivity index (χ3n) is 5.44. The van der Waals surface area contributed by atoms with Crippen molar-refractivity contribution in [2.75, 3.05) is 34.0 Å². The van der Waals surface area contributed by atoms with Crippen molar-refractivity contribution in [3.63, 3.8) is 0 Å². The van der Waals surface area contributed by atoms with Gasteiger partial charge in [-0.3, -0.25) is 4.90 Å². The first kappa shape index (κ1) is 21.1. The standard InChI is InChI=1S/C26H29NO4/c1-4-30-23-10-8-19(9-11-23)17-27-12-13-31-26-22(18-27)14-21(16-25(26)29-3)20-6-5-7-24(15-20)28-2/h5-11,14-16H,4,12-13,17-18H2,1-3H3. The van der Waals surface area contributed by atoms with Crippen LogP contribution in [0.15, 0.2) is 60.7 Å². The third-order valence-corrected chi connectivity index (χ3v) is 5.44. The van der Waals surface area contributed by atoms with E-state index in [4.69, 9.17) is 18.9 Å². The zero-order valence-corrected chi connectivity index (χ0v) is 18.4. The molecule has 5 nitrogen and oxygen atoms in total. The van der Waals surface area contributed by atoms with Crippen LogP contribution in [-0.2, 0) is 13.1 Å². The van der Waals surface area contributed by atoms with Crippen LogP contribution in [-0.4, -0.2) is 38.9 Å². The minimum Gasteiger partial charge on any atom is -0.497 e. The van der Waals surface area contributed by atoms with E-state index in [0.29, 0.717) is 13.2 Å². The van der Waals surface area contributed by atoms with Gasteiger partial charge in [0.05, 0.1) is 20.8 Å². The van der Waals surface area contributed by atoms with E-state index >= 15 is 0 Å². The van der Waals surface area contributed by atoms with Crippen molar-refractivity contribution in [1.82, 2.24) is 4.90 Å². The molecule has 0 amide bonds. The van der Waals surface area contributed by atoms with Crippen molar-refractivity contribution in [2.24, 2.45) is 0 Å². The Morgan fingerprint density at radius 2 is 1.74 bits per heavy atom. The van der Waals surface area contributed by atoms with Gasteiger partial charge < -0.3 is 18.9 Å². The molecule has 0 fully saturated rings. The fourth-order valence-corrected chi connectivity index (χ4v) is 3.91. The summed E-state index contributed by atoms with van der Waals surface area (Å²) in [6.07, 6.45) is 0. The Morgan fingerprint density at radius 3 is 2.48 bits per heavy atom. The number of hydrogen-bond acceptors (Lipinski definition) is 5. The molecule has 0 saturated carbocycles. The third kappa shape index (κ3) is 4.94. The Labute approximate surface area is 184 Å². The van der Waals surface area contributed by atoms with Gasteiger partial charge in [-0.15, -0.1) is 0 Å². The summed E-state index contributed by atoms with van der Waals surface area (Å²) in [5, 5.41) is 0. The van der Waals surface area contributed by atoms with Crippen LogP contribution in [0.3, 0.4) is 0 Å². The summed E-state index contributed by atoms with van der Waals surface area (Å²) in [7, 11) is 3.38. The molecule has 1 aliphatic rings. The topological polar surface area (TPSA) is 40.2 Å². The van der Waals surface area contributed by atoms with E-state index in [-0.39, 0.29) is 0 Å². The molecule has 0 aromatic heterocycles. The summed E-state index contributed by atoms with van der Waals surface area (Å²) >= 11 is 0. The molecule has 1 aliphatic heterocycles. The molecule has 1 heterocycles. The molecule has 4 rings (SSSR count). The van der Waals surface area contributed by atoms with Crippen LogP contribution >= 0.6 is 0 Å². The molecule has 0 unspecified atom stereocenters. The highest BCUT2D eigenvalue weighted by Gasteiger charge is 2.21. The highest BCUT2D eigenvalue weighted by Crippen LogP contribution is 2.39. The van der Waals surface area contributed by atoms with Crippen molar-refractivity contribution in [2.45, 2.75) is 20.0 Å². The summed E-state index contributed by atoms with van der Waals surface area (Å²) in [6, 6.07) is 20.6. The Morgan fingerprint density at radius 1 is 0.903 bits per heavy atom. The second-order valence-electron chi connectivity index (χ2n) is 7.53. The summed E-state index contributed by atoms with van der Waals surface area (Å²) in [4.78, 5) is 2.40. The monoisotopic (exact) mass is 419 g/mol. The number of fused-ring (bicyclic) bond motifs is 1. The normalized spacial score (nSPS) is 13.6. The Balaban J connectivity index is 1.60. The second-order valence-corrected chi connectivity index (χ2v) is 7.53. The first-order valence-electron chi connectivity index (χ1n) is 10.6. The molecule has 5 heteroatoms. The van der Waals surface area contributed by atoms with Crippen LogP contribution in [0.25, 0.3) is 11.1 Å². The van der Waals surface area contributed by atoms with Crippen LogP contribution < -0.4 is 18.9 Å². The fraction of sp³-hybridized carbons (Fsp3) is 0.308. The van der Waals surface area contributed by atoms with Crippen LogP contribution in [0, 0.1) is 0 Å². The largest absolute Gasteiger partial charge is 0.497 e. The fourth-order valence-electron chi connectivity index (χ4n) is 3.91. The van der Waals surface area contributed by atoms with Gasteiger partial charge in [-0.2, -0.15) is 0 Å². The molecule has 0 radical (unpaired) electrons. The van der Waals surface area contributed by atoms with Gasteiger partial charge in [0.1, 0.15) is 18.1 Å². The number of methoxy groups -OCH3 is 2. The van der Waals surface area contributed by atoms with E-state index in [2.05, 4.69) is 29.2 Å². The molecule has 3 aromatic rings. The van der Waals surface area contributed by atoms with Crippen molar-refractivity contribution in [1.29, 1.82) is 0 Å². The van der Waals surface area contributed by atoms with Gasteiger partial charge in [0.25, 0.3) is 0 Å². The quantitative estimate of drug-likeness (QED) is 0.529. The van der Waals surface area contributed by atoms with E-state index in [1.54, 1.807) is 14.2 Å². The molecular weight excluding hydrogens is 390 g/mol. The van der Waals surface area contributed by atoms with Gasteiger partial charge in [-0.1, -0.05) is 24.3 Å². The maximum Gasteiger partial charge on any atom is 0.165 e. The summed E-state index contributed by atoms with van der Waals surface area (Å²) in [5.74, 6) is 3.34. The number of benzene rings is 3. The van der Waals surface area contributed by atoms with E-state index < -0.39 is 0 Å². The zero-order chi connectivity index (χ0) is 21.6. The lowest BCUT2D eigenvalue weighted by Crippen LogP contribution is -2.25. The number of nitrogens with zero attached hydrogens (tertiary/aromatic N) is 1. The smallest absolute Gasteiger partial charge is 0.165 e. The lowest BCUT2D eigenvalue weighted by molar-refractivity contribution is 0.217. The van der Waals surface area contributed by atoms with Crippen LogP contribution in [0.1, 0.15) is 18.1 Å². The molecule has 31 heavy (non-hydrogen) atoms. The van der Waals surface area contributed by atoms with E-state index in [1.165, 1.54) is 5.56 Å². The van der Waals surface area contributed by atoms with Gasteiger partial charge >= 0.3 is 0 Å². The number of rotatable bonds is 7. The predicted molar refractivity (Wildman–Crippen MR) is 122 cm³/mol. The van der Waals surface area contributed by atoms with Crippen molar-refractivity contribution < 1.29 is 18.9 Å². The van der Waals surface area contributed by atoms with Crippen LogP contribution in [0.4, 0.5) is 0 Å². The average Bonchev–Trinajstić information content (AvgIpc) is 3.01. The van der Waals surface area contributed by atoms with Crippen molar-refractivity contribution >= 4 is 0 Å². The maximum absolute atomic E-state index is 6.11. The highest BCUT2D eigenvalue weighted by atomic mass is 16.5. The van der Waals surface area contributed by atoms with Gasteiger partial charge in [-0.05, 0) is 60.0 Å². The number of ether oxygens (including phenoxy) is 4. The van der Waals surface area contributed by atoms with Crippen LogP contribution in [0.5, 0.6) is 23.0 Å². The second kappa shape index (κ2) is 9.75. The molecule has 0 N–H and O–H groups in total. The first-order valence-corrected chi connectivity index (χ1v) is 10.6. The Hall–Kier alpha value is -3.18. The lowest BCUT2D eigenvalue weighted by Gasteiger charge is -2.20. The van der Waals surface area contributed by atoms with E-state index in [0.717, 1.165) is 59.3 Å². The summed E-state index contributed by atoms with van der Waals surface area (Å²) in [6.45, 7) is 5.78. The molecular formula is C26H29NO4. The Bertz CT molecular complexity index is 1020. The van der Waals surface area contributed by atoms with Crippen LogP contribution in [0.2, 0.25) is 0 Å². The molecule has 0 bridgehead atoms. The van der Waals surface area contributed by atoms with Crippen molar-refractivity contribution in [3.8, 4) is 34.1 Å². The van der Waals surface area contributed by atoms with Gasteiger partial charge in [0, 0.05) is 25.2 Å². The Kier molecular flexibility index (Phi) is 6.63. The minimum atomic E-state index is 0.624. The zero-order valence-electron chi connectivity index (χ0n) is 18.4. The molecule has 162 valence electrons. The van der Waals surface area contributed by atoms with Gasteiger partial charge in [0.2, 0.25) is 0 Å². The molecule has 3 aromatic carbocycles. The average molecular weight is 420 g/mol. The highest BCUT2D eigenvalue weighted by molar-refractivity contribution is 5.70. The van der Waals surface area contributed by atoms with Gasteiger partial charge in [0.15, 0.2) is 11.5 Å². The van der Waals surface area contributed by atoms with Gasteiger partial charge in [-0.25, -0.2) is 0 Å². The van der Waals surface area contributed by atoms with E-state index in [9.17, 15) is 0 Å². The van der Waals surface area contributed by atoms with E-state index in [1.807, 2.05) is 43.3 Å². The molecule has 0 aliphatic carbocycles. The molecule has 0 atom stereocenters. The minimum absolute atomic E-state index is 0.624. The summed E-state index contributed by atoms with van der Waals surface area (Å²) < 4.78 is 22.8. The summed E-state index contributed by atoms with van der Waals surface area (Å²) in [5.41, 5.74) is 4.55. The molecule has 0 saturated heterocycles. The first-order chi connectivity index (χ1) is 15.2. The predicted octanol–water partition coefficient (Wildman–Crippen LogP) is 5.16. The van der Waals surface area contributed by atoms with Crippen molar-refractivity contribution in [3.05, 3.63) is 71.8 Å². The SMILES string of the molecule is CCOc1ccc(CN2CCOc3c(cc(-c4cccc(OC)c4)cc3OC)C2)cc1. The maximum atomic E-state index is 6.11. The molecule has 0 spiro atoms. The number of hydrogen-bond donors (Lipinski definition) is 0.